The van der Waals surface area contributed by atoms with E-state index in [1.807, 2.05) is 48.5 Å². The molecule has 7 rings (SSSR count). The van der Waals surface area contributed by atoms with Gasteiger partial charge in [-0.15, -0.1) is 20.4 Å². The number of nitrogens with one attached hydrogen (secondary N) is 2. The number of carbonyl (C=O) groups excluding carboxylic acids is 2. The third-order valence-corrected chi connectivity index (χ3v) is 9.92. The fourth-order valence-electron chi connectivity index (χ4n) is 5.41. The summed E-state index contributed by atoms with van der Waals surface area (Å²) in [6, 6.07) is 14.2. The number of rotatable bonds is 2. The summed E-state index contributed by atoms with van der Waals surface area (Å²) in [5, 5.41) is 17.3. The van der Waals surface area contributed by atoms with Gasteiger partial charge in [-0.1, -0.05) is 59.9 Å². The van der Waals surface area contributed by atoms with E-state index in [4.69, 9.17) is 20.9 Å². The second kappa shape index (κ2) is 11.3. The van der Waals surface area contributed by atoms with Crippen LogP contribution >= 0.6 is 23.5 Å². The van der Waals surface area contributed by atoms with Gasteiger partial charge in [-0.2, -0.15) is 0 Å². The van der Waals surface area contributed by atoms with Crippen molar-refractivity contribution in [2.75, 3.05) is 24.1 Å². The Bertz CT molecular complexity index is 1570. The van der Waals surface area contributed by atoms with Gasteiger partial charge in [0.15, 0.2) is 11.6 Å². The predicted molar refractivity (Wildman–Crippen MR) is 158 cm³/mol. The number of amides is 2. The fraction of sp³-hybridized carbons (Fsp3) is 0.333. The maximum Gasteiger partial charge on any atom is 0.233 e. The normalized spacial score (nSPS) is 22.9. The van der Waals surface area contributed by atoms with Gasteiger partial charge >= 0.3 is 0 Å². The number of thioether (sulfide) groups is 2. The Labute approximate surface area is 254 Å². The van der Waals surface area contributed by atoms with E-state index in [2.05, 4.69) is 31.2 Å². The van der Waals surface area contributed by atoms with Gasteiger partial charge < -0.3 is 31.8 Å². The number of aromatic nitrogens is 6. The van der Waals surface area contributed by atoms with Gasteiger partial charge in [0.05, 0.1) is 25.3 Å². The zero-order valence-electron chi connectivity index (χ0n) is 22.8. The zero-order valence-corrected chi connectivity index (χ0v) is 24.4. The summed E-state index contributed by atoms with van der Waals surface area (Å²) >= 11 is 2.53. The van der Waals surface area contributed by atoms with Crippen LogP contribution in [0, 0.1) is 0 Å². The van der Waals surface area contributed by atoms with Crippen LogP contribution in [-0.4, -0.2) is 65.3 Å². The number of nitrogens with zero attached hydrogens (tertiary/aromatic N) is 6. The average molecular weight is 621 g/mol. The summed E-state index contributed by atoms with van der Waals surface area (Å²) in [6.45, 7) is 0.747. The molecule has 2 amide bonds. The van der Waals surface area contributed by atoms with Crippen molar-refractivity contribution in [1.29, 1.82) is 0 Å². The molecule has 14 nitrogen and oxygen atoms in total. The van der Waals surface area contributed by atoms with Crippen LogP contribution in [0.25, 0.3) is 0 Å². The smallest absolute Gasteiger partial charge is 0.233 e. The lowest BCUT2D eigenvalue weighted by molar-refractivity contribution is -0.118. The Balaban J connectivity index is 1.28. The highest BCUT2D eigenvalue weighted by Gasteiger charge is 2.40. The largest absolute Gasteiger partial charge is 0.493 e. The molecule has 0 radical (unpaired) electrons. The van der Waals surface area contributed by atoms with Crippen LogP contribution in [-0.2, 0) is 22.4 Å². The summed E-state index contributed by atoms with van der Waals surface area (Å²) in [4.78, 5) is 25.2. The molecule has 4 aromatic rings. The number of fused-ring (bicyclic) bond motifs is 6. The van der Waals surface area contributed by atoms with E-state index < -0.39 is 34.4 Å². The molecule has 0 spiro atoms. The van der Waals surface area contributed by atoms with Crippen molar-refractivity contribution in [2.24, 2.45) is 11.5 Å². The highest BCUT2D eigenvalue weighted by molar-refractivity contribution is 8.00. The SMILES string of the molecule is NC(=O)C1Sc2nnc3n2NC1c1ccccc1OCCCOc1ccccc1C1Nn2c(nnc2SC1C(N)=O)CC3. The van der Waals surface area contributed by atoms with Gasteiger partial charge in [-0.05, 0) is 12.1 Å². The van der Waals surface area contributed by atoms with Crippen LogP contribution in [0.2, 0.25) is 0 Å². The van der Waals surface area contributed by atoms with E-state index in [1.54, 1.807) is 9.35 Å². The van der Waals surface area contributed by atoms with Crippen molar-refractivity contribution in [3.8, 4) is 11.5 Å². The van der Waals surface area contributed by atoms with Crippen LogP contribution in [0.15, 0.2) is 58.8 Å². The number of aryl methyl sites for hydroxylation is 2. The monoisotopic (exact) mass is 620 g/mol. The van der Waals surface area contributed by atoms with Crippen LogP contribution in [0.3, 0.4) is 0 Å². The summed E-state index contributed by atoms with van der Waals surface area (Å²) in [7, 11) is 0. The van der Waals surface area contributed by atoms with E-state index in [-0.39, 0.29) is 0 Å². The first-order valence-electron chi connectivity index (χ1n) is 13.7. The van der Waals surface area contributed by atoms with Crippen LogP contribution < -0.4 is 31.8 Å². The minimum absolute atomic E-state index is 0.373. The molecule has 4 unspecified atom stereocenters. The van der Waals surface area contributed by atoms with Crippen molar-refractivity contribution in [2.45, 2.75) is 52.2 Å². The number of hydrogen-bond donors (Lipinski definition) is 4. The Hall–Kier alpha value is -4.44. The molecular formula is C27H28N10O4S2. The molecule has 0 saturated carbocycles. The minimum Gasteiger partial charge on any atom is -0.493 e. The van der Waals surface area contributed by atoms with Gasteiger partial charge in [-0.3, -0.25) is 9.59 Å². The lowest BCUT2D eigenvalue weighted by Crippen LogP contribution is -2.42. The summed E-state index contributed by atoms with van der Waals surface area (Å²) < 4.78 is 16.0. The topological polar surface area (TPSA) is 190 Å². The number of primary amides is 2. The van der Waals surface area contributed by atoms with Gasteiger partial charge in [0, 0.05) is 30.4 Å². The number of nitrogens with two attached hydrogens (primary N) is 2. The van der Waals surface area contributed by atoms with E-state index in [9.17, 15) is 9.59 Å². The maximum absolute atomic E-state index is 12.6. The summed E-state index contributed by atoms with van der Waals surface area (Å²) in [6.07, 6.45) is 1.50. The lowest BCUT2D eigenvalue weighted by atomic mass is 10.0. The Morgan fingerprint density at radius 2 is 1.16 bits per heavy atom. The van der Waals surface area contributed by atoms with Crippen molar-refractivity contribution in [1.82, 2.24) is 29.7 Å². The molecule has 3 aliphatic heterocycles. The van der Waals surface area contributed by atoms with Crippen molar-refractivity contribution < 1.29 is 19.1 Å². The number of hydrogen-bond acceptors (Lipinski definition) is 12. The third-order valence-electron chi connectivity index (χ3n) is 7.45. The Kier molecular flexibility index (Phi) is 7.22. The Morgan fingerprint density at radius 3 is 1.60 bits per heavy atom. The lowest BCUT2D eigenvalue weighted by Gasteiger charge is -2.33. The molecule has 0 saturated heterocycles. The standard InChI is InChI=1S/C27H28N10O4S2/c28-24(38)22-20-14-6-1-3-8-16(14)40-12-5-13-41-17-9-4-2-7-15(17)21-23(25(29)39)43-27-33-31-19(37(27)35-21)11-10-18-30-32-26(42-22)36(18)34-20/h1-4,6-9,20-23,34-35H,5,10-13H2,(H2,28,38)(H2,29,39). The molecule has 0 aliphatic carbocycles. The average Bonchev–Trinajstić information content (AvgIpc) is 3.61. The first-order valence-corrected chi connectivity index (χ1v) is 15.5. The van der Waals surface area contributed by atoms with Crippen LogP contribution in [0.5, 0.6) is 11.5 Å². The molecule has 4 atom stereocenters. The molecule has 0 fully saturated rings. The van der Waals surface area contributed by atoms with Crippen molar-refractivity contribution >= 4 is 35.3 Å². The van der Waals surface area contributed by atoms with E-state index in [0.29, 0.717) is 65.9 Å². The fourth-order valence-corrected chi connectivity index (χ4v) is 7.48. The number of para-hydroxylation sites is 2. The second-order valence-electron chi connectivity index (χ2n) is 10.2. The summed E-state index contributed by atoms with van der Waals surface area (Å²) in [5.41, 5.74) is 20.2. The van der Waals surface area contributed by atoms with Gasteiger partial charge in [0.2, 0.25) is 22.1 Å². The van der Waals surface area contributed by atoms with Crippen LogP contribution in [0.1, 0.15) is 41.3 Å². The van der Waals surface area contributed by atoms with Crippen LogP contribution in [0.4, 0.5) is 0 Å². The molecule has 16 heteroatoms. The molecule has 3 aliphatic rings. The minimum atomic E-state index is -0.636. The van der Waals surface area contributed by atoms with E-state index >= 15 is 0 Å². The molecule has 4 bridgehead atoms. The van der Waals surface area contributed by atoms with Crippen molar-refractivity contribution in [3.63, 3.8) is 0 Å². The number of ether oxygens (including phenoxy) is 2. The molecule has 5 heterocycles. The predicted octanol–water partition coefficient (Wildman–Crippen LogP) is 1.30. The number of benzene rings is 2. The first-order chi connectivity index (χ1) is 21.0. The van der Waals surface area contributed by atoms with Crippen molar-refractivity contribution in [3.05, 3.63) is 71.3 Å². The molecule has 43 heavy (non-hydrogen) atoms. The molecular weight excluding hydrogens is 592 g/mol. The molecule has 222 valence electrons. The zero-order chi connectivity index (χ0) is 29.5. The quantitative estimate of drug-likeness (QED) is 0.252. The highest BCUT2D eigenvalue weighted by Crippen LogP contribution is 2.41. The van der Waals surface area contributed by atoms with E-state index in [0.717, 1.165) is 11.1 Å². The summed E-state index contributed by atoms with van der Waals surface area (Å²) in [5.74, 6) is 1.64. The van der Waals surface area contributed by atoms with Gasteiger partial charge in [0.25, 0.3) is 0 Å². The third kappa shape index (κ3) is 5.09. The Morgan fingerprint density at radius 1 is 0.721 bits per heavy atom. The van der Waals surface area contributed by atoms with Gasteiger partial charge in [0.1, 0.15) is 22.0 Å². The van der Waals surface area contributed by atoms with E-state index in [1.165, 1.54) is 23.5 Å². The molecule has 6 N–H and O–H groups in total. The first kappa shape index (κ1) is 27.4. The highest BCUT2D eigenvalue weighted by atomic mass is 32.2. The number of carbonyl (C=O) groups is 2. The molecule has 2 aromatic heterocycles. The van der Waals surface area contributed by atoms with Gasteiger partial charge in [-0.25, -0.2) is 9.35 Å². The maximum atomic E-state index is 12.6. The second-order valence-corrected chi connectivity index (χ2v) is 12.4. The molecule has 2 aromatic carbocycles.